The molecule has 2 aromatic carbocycles. The third-order valence-electron chi connectivity index (χ3n) is 10.8. The Morgan fingerprint density at radius 3 is 2.37 bits per heavy atom. The molecular weight excluding hydrogens is 625 g/mol. The molecule has 2 aromatic rings. The molecule has 0 saturated carbocycles. The number of piperidine rings is 3. The lowest BCUT2D eigenvalue weighted by Gasteiger charge is -2.43. The molecule has 4 amide bonds. The number of ether oxygens (including phenoxy) is 2. The van der Waals surface area contributed by atoms with Crippen molar-refractivity contribution in [3.05, 3.63) is 53.6 Å². The molecule has 0 aliphatic carbocycles. The number of esters is 1. The monoisotopic (exact) mass is 673 g/mol. The molecule has 4 heterocycles. The number of fused-ring (bicyclic) bond motifs is 1. The number of aromatic hydroxyl groups is 1. The standard InChI is InChI=1S/C36H48BN5O7/c1-48-34(45)30-8-4-5-16-41(30)26-12-17-39(18-13-26)33(44)32(23-24-9-10-31(43)28(37)22-24)49-36(47)40-19-14-27(15-20-40)42-21-11-25-6-2-3-7-29(25)38-35(42)46/h2-3,6-7,9-10,22,26-27,30,32,43H,4-5,8,11-21,23,37H2,1H3,(H,38,46)/t30-,32+/m0/s1. The largest absolute Gasteiger partial charge is 0.509 e. The van der Waals surface area contributed by atoms with Crippen LogP contribution in [0.1, 0.15) is 56.1 Å². The van der Waals surface area contributed by atoms with E-state index in [0.717, 1.165) is 61.9 Å². The highest BCUT2D eigenvalue weighted by atomic mass is 16.6. The fourth-order valence-corrected chi connectivity index (χ4v) is 7.93. The molecule has 0 bridgehead atoms. The van der Waals surface area contributed by atoms with E-state index in [2.05, 4.69) is 10.2 Å². The van der Waals surface area contributed by atoms with Gasteiger partial charge in [0.15, 0.2) is 6.10 Å². The van der Waals surface area contributed by atoms with Gasteiger partial charge in [0.05, 0.1) is 7.11 Å². The number of amides is 4. The van der Waals surface area contributed by atoms with Gasteiger partial charge in [0, 0.05) is 56.9 Å². The highest BCUT2D eigenvalue weighted by Gasteiger charge is 2.39. The van der Waals surface area contributed by atoms with Crippen LogP contribution in [0.5, 0.6) is 5.75 Å². The van der Waals surface area contributed by atoms with Crippen molar-refractivity contribution in [1.29, 1.82) is 0 Å². The van der Waals surface area contributed by atoms with E-state index in [0.29, 0.717) is 51.0 Å². The maximum absolute atomic E-state index is 14.0. The highest BCUT2D eigenvalue weighted by Crippen LogP contribution is 2.28. The number of carbonyl (C=O) groups excluding carboxylic acids is 4. The fraction of sp³-hybridized carbons (Fsp3) is 0.556. The SMILES string of the molecule is Bc1cc(C[C@@H](OC(=O)N2CCC(N3CCc4ccccc4NC3=O)CC2)C(=O)N2CCC(N3CCCC[C@H]3C(=O)OC)CC2)ccc1O. The average molecular weight is 674 g/mol. The summed E-state index contributed by atoms with van der Waals surface area (Å²) in [5, 5.41) is 13.1. The third-order valence-corrected chi connectivity index (χ3v) is 10.8. The zero-order valence-corrected chi connectivity index (χ0v) is 28.6. The molecule has 0 aromatic heterocycles. The maximum Gasteiger partial charge on any atom is 0.410 e. The lowest BCUT2D eigenvalue weighted by molar-refractivity contribution is -0.151. The van der Waals surface area contributed by atoms with Crippen LogP contribution in [0.3, 0.4) is 0 Å². The van der Waals surface area contributed by atoms with Crippen LogP contribution in [0, 0.1) is 0 Å². The Hall–Kier alpha value is -4.26. The molecule has 12 nitrogen and oxygen atoms in total. The van der Waals surface area contributed by atoms with Crippen molar-refractivity contribution in [2.24, 2.45) is 0 Å². The molecule has 6 rings (SSSR count). The first-order valence-corrected chi connectivity index (χ1v) is 17.7. The van der Waals surface area contributed by atoms with Gasteiger partial charge in [-0.1, -0.05) is 36.8 Å². The third kappa shape index (κ3) is 7.98. The van der Waals surface area contributed by atoms with Gasteiger partial charge in [-0.05, 0) is 80.2 Å². The van der Waals surface area contributed by atoms with Crippen molar-refractivity contribution in [1.82, 2.24) is 19.6 Å². The maximum atomic E-state index is 14.0. The Morgan fingerprint density at radius 2 is 1.63 bits per heavy atom. The van der Waals surface area contributed by atoms with E-state index in [-0.39, 0.29) is 48.2 Å². The molecule has 13 heteroatoms. The molecule has 49 heavy (non-hydrogen) atoms. The minimum atomic E-state index is -1.03. The zero-order valence-electron chi connectivity index (χ0n) is 28.6. The Bertz CT molecular complexity index is 1520. The molecule has 3 fully saturated rings. The van der Waals surface area contributed by atoms with E-state index in [1.807, 2.05) is 35.2 Å². The summed E-state index contributed by atoms with van der Waals surface area (Å²) in [6.07, 6.45) is 4.88. The molecule has 2 atom stereocenters. The van der Waals surface area contributed by atoms with Crippen LogP contribution >= 0.6 is 0 Å². The summed E-state index contributed by atoms with van der Waals surface area (Å²) in [6, 6.07) is 12.8. The average Bonchev–Trinajstić information content (AvgIpc) is 3.30. The van der Waals surface area contributed by atoms with Crippen LogP contribution in [0.15, 0.2) is 42.5 Å². The number of urea groups is 1. The van der Waals surface area contributed by atoms with Gasteiger partial charge in [-0.25, -0.2) is 9.59 Å². The van der Waals surface area contributed by atoms with Gasteiger partial charge >= 0.3 is 18.1 Å². The number of methoxy groups -OCH3 is 1. The first kappa shape index (κ1) is 34.6. The second kappa shape index (κ2) is 15.5. The van der Waals surface area contributed by atoms with Gasteiger partial charge in [0.2, 0.25) is 0 Å². The number of hydrogen-bond donors (Lipinski definition) is 2. The van der Waals surface area contributed by atoms with Crippen molar-refractivity contribution in [3.63, 3.8) is 0 Å². The molecule has 4 aliphatic rings. The summed E-state index contributed by atoms with van der Waals surface area (Å²) in [5.41, 5.74) is 3.43. The molecule has 0 radical (unpaired) electrons. The Labute approximate surface area is 289 Å². The second-order valence-electron chi connectivity index (χ2n) is 13.8. The second-order valence-corrected chi connectivity index (χ2v) is 13.8. The van der Waals surface area contributed by atoms with E-state index in [9.17, 15) is 24.3 Å². The Morgan fingerprint density at radius 1 is 0.918 bits per heavy atom. The summed E-state index contributed by atoms with van der Waals surface area (Å²) in [5.74, 6) is -0.270. The summed E-state index contributed by atoms with van der Waals surface area (Å²) in [4.78, 5) is 60.7. The lowest BCUT2D eigenvalue weighted by Crippen LogP contribution is -2.55. The number of phenols is 1. The van der Waals surface area contributed by atoms with Gasteiger partial charge in [-0.15, -0.1) is 0 Å². The molecule has 0 unspecified atom stereocenters. The molecule has 4 aliphatic heterocycles. The Kier molecular flexibility index (Phi) is 11.0. The predicted octanol–water partition coefficient (Wildman–Crippen LogP) is 2.27. The van der Waals surface area contributed by atoms with E-state index in [1.165, 1.54) is 7.11 Å². The molecule has 2 N–H and O–H groups in total. The van der Waals surface area contributed by atoms with E-state index in [4.69, 9.17) is 9.47 Å². The van der Waals surface area contributed by atoms with E-state index < -0.39 is 12.2 Å². The van der Waals surface area contributed by atoms with Gasteiger partial charge in [-0.3, -0.25) is 14.5 Å². The molecule has 0 spiro atoms. The number of carbonyl (C=O) groups is 4. The number of anilines is 1. The van der Waals surface area contributed by atoms with Crippen molar-refractivity contribution < 1.29 is 33.8 Å². The van der Waals surface area contributed by atoms with Crippen LogP contribution in [0.2, 0.25) is 0 Å². The molecule has 262 valence electrons. The number of rotatable bonds is 7. The van der Waals surface area contributed by atoms with Gasteiger partial charge in [-0.2, -0.15) is 0 Å². The summed E-state index contributed by atoms with van der Waals surface area (Å²) in [6.45, 7) is 3.29. The lowest BCUT2D eigenvalue weighted by atomic mass is 9.91. The minimum absolute atomic E-state index is 0.00394. The summed E-state index contributed by atoms with van der Waals surface area (Å²) < 4.78 is 11.1. The molecular formula is C36H48BN5O7. The van der Waals surface area contributed by atoms with Crippen LogP contribution in [-0.4, -0.2) is 127 Å². The van der Waals surface area contributed by atoms with Crippen molar-refractivity contribution >= 4 is 43.0 Å². The van der Waals surface area contributed by atoms with Crippen molar-refractivity contribution in [2.45, 2.75) is 82.0 Å². The topological polar surface area (TPSA) is 132 Å². The van der Waals surface area contributed by atoms with Crippen molar-refractivity contribution in [3.8, 4) is 5.75 Å². The summed E-state index contributed by atoms with van der Waals surface area (Å²) in [7, 11) is 3.23. The van der Waals surface area contributed by atoms with Gasteiger partial charge < -0.3 is 34.6 Å². The number of nitrogens with one attached hydrogen (secondary N) is 1. The van der Waals surface area contributed by atoms with Crippen LogP contribution < -0.4 is 10.8 Å². The summed E-state index contributed by atoms with van der Waals surface area (Å²) >= 11 is 0. The number of para-hydroxylation sites is 1. The quantitative estimate of drug-likeness (QED) is 0.338. The van der Waals surface area contributed by atoms with Crippen LogP contribution in [0.25, 0.3) is 0 Å². The number of phenolic OH excluding ortho intramolecular Hbond substituents is 1. The first-order chi connectivity index (χ1) is 23.7. The number of benzene rings is 2. The number of nitrogens with zero attached hydrogens (tertiary/aromatic N) is 4. The Balaban J connectivity index is 1.08. The number of likely N-dealkylation sites (tertiary alicyclic amines) is 3. The highest BCUT2D eigenvalue weighted by molar-refractivity contribution is 6.34. The minimum Gasteiger partial charge on any atom is -0.509 e. The fourth-order valence-electron chi connectivity index (χ4n) is 7.93. The van der Waals surface area contributed by atoms with Gasteiger partial charge in [0.1, 0.15) is 19.6 Å². The smallest absolute Gasteiger partial charge is 0.410 e. The van der Waals surface area contributed by atoms with Crippen LogP contribution in [-0.2, 0) is 31.9 Å². The van der Waals surface area contributed by atoms with E-state index >= 15 is 0 Å². The zero-order chi connectivity index (χ0) is 34.5. The van der Waals surface area contributed by atoms with Crippen LogP contribution in [0.4, 0.5) is 15.3 Å². The first-order valence-electron chi connectivity index (χ1n) is 17.7. The number of hydrogen-bond acceptors (Lipinski definition) is 8. The normalized spacial score (nSPS) is 21.7. The van der Waals surface area contributed by atoms with E-state index in [1.54, 1.807) is 29.8 Å². The van der Waals surface area contributed by atoms with Crippen molar-refractivity contribution in [2.75, 3.05) is 51.7 Å². The molecule has 3 saturated heterocycles. The predicted molar refractivity (Wildman–Crippen MR) is 187 cm³/mol. The van der Waals surface area contributed by atoms with Gasteiger partial charge in [0.25, 0.3) is 5.91 Å².